The average Bonchev–Trinajstić information content (AvgIpc) is 2.09. The molecule has 0 aromatic rings. The Morgan fingerprint density at radius 2 is 1.71 bits per heavy atom. The lowest BCUT2D eigenvalue weighted by Crippen LogP contribution is -2.47. The fourth-order valence-corrected chi connectivity index (χ4v) is 1.43. The van der Waals surface area contributed by atoms with E-state index < -0.39 is 24.9 Å². The highest BCUT2D eigenvalue weighted by atomic mass is 19.3. The minimum absolute atomic E-state index is 0.0165. The van der Waals surface area contributed by atoms with Gasteiger partial charge in [-0.05, 0) is 0 Å². The summed E-state index contributed by atoms with van der Waals surface area (Å²) in [4.78, 5) is 1.34. The maximum Gasteiger partial charge on any atom is 0.272 e. The van der Waals surface area contributed by atoms with E-state index in [9.17, 15) is 17.6 Å². The highest BCUT2D eigenvalue weighted by Crippen LogP contribution is 2.28. The van der Waals surface area contributed by atoms with Crippen LogP contribution >= 0.6 is 0 Å². The van der Waals surface area contributed by atoms with Gasteiger partial charge in [-0.15, -0.1) is 0 Å². The van der Waals surface area contributed by atoms with Crippen molar-refractivity contribution in [1.29, 1.82) is 0 Å². The van der Waals surface area contributed by atoms with Crippen LogP contribution in [-0.4, -0.2) is 42.9 Å². The van der Waals surface area contributed by atoms with Gasteiger partial charge in [-0.3, -0.25) is 4.90 Å². The molecule has 0 radical (unpaired) electrons. The standard InChI is InChI=1S/C8H14F4N2/c9-7(10)1-3-14(4-2-7)6-8(11,12)5-13/h1-6,13H2. The van der Waals surface area contributed by atoms with E-state index in [2.05, 4.69) is 0 Å². The zero-order valence-electron chi connectivity index (χ0n) is 7.78. The van der Waals surface area contributed by atoms with E-state index in [1.54, 1.807) is 0 Å². The summed E-state index contributed by atoms with van der Waals surface area (Å²) in [7, 11) is 0. The summed E-state index contributed by atoms with van der Waals surface area (Å²) in [6, 6.07) is 0. The zero-order chi connectivity index (χ0) is 10.8. The average molecular weight is 214 g/mol. The SMILES string of the molecule is NCC(F)(F)CN1CCC(F)(F)CC1. The molecule has 2 N–H and O–H groups in total. The Labute approximate surface area is 80.0 Å². The molecular weight excluding hydrogens is 200 g/mol. The first-order chi connectivity index (χ1) is 6.35. The number of halogens is 4. The summed E-state index contributed by atoms with van der Waals surface area (Å²) in [6.07, 6.45) is -0.679. The summed E-state index contributed by atoms with van der Waals surface area (Å²) in [5.41, 5.74) is 4.85. The molecule has 2 nitrogen and oxygen atoms in total. The Morgan fingerprint density at radius 1 is 1.21 bits per heavy atom. The van der Waals surface area contributed by atoms with Crippen molar-refractivity contribution in [3.05, 3.63) is 0 Å². The van der Waals surface area contributed by atoms with Gasteiger partial charge < -0.3 is 5.73 Å². The zero-order valence-corrected chi connectivity index (χ0v) is 7.78. The van der Waals surface area contributed by atoms with Crippen LogP contribution in [-0.2, 0) is 0 Å². The van der Waals surface area contributed by atoms with Crippen LogP contribution in [0.25, 0.3) is 0 Å². The Balaban J connectivity index is 2.36. The molecule has 0 saturated carbocycles. The van der Waals surface area contributed by atoms with Gasteiger partial charge in [0.15, 0.2) is 0 Å². The van der Waals surface area contributed by atoms with Gasteiger partial charge in [0.2, 0.25) is 0 Å². The normalized spacial score (nSPS) is 23.8. The molecule has 0 bridgehead atoms. The molecule has 1 aliphatic rings. The van der Waals surface area contributed by atoms with Crippen molar-refractivity contribution in [1.82, 2.24) is 4.90 Å². The second-order valence-electron chi connectivity index (χ2n) is 3.69. The molecule has 1 rings (SSSR count). The molecule has 1 saturated heterocycles. The van der Waals surface area contributed by atoms with Crippen LogP contribution in [0.15, 0.2) is 0 Å². The van der Waals surface area contributed by atoms with Gasteiger partial charge in [0.1, 0.15) is 0 Å². The second-order valence-corrected chi connectivity index (χ2v) is 3.69. The molecule has 1 aliphatic heterocycles. The number of hydrogen-bond donors (Lipinski definition) is 1. The lowest BCUT2D eigenvalue weighted by Gasteiger charge is -2.33. The first kappa shape index (κ1) is 11.7. The first-order valence-electron chi connectivity index (χ1n) is 4.53. The van der Waals surface area contributed by atoms with Crippen LogP contribution in [0.4, 0.5) is 17.6 Å². The molecule has 0 amide bonds. The van der Waals surface area contributed by atoms with Crippen molar-refractivity contribution >= 4 is 0 Å². The Hall–Kier alpha value is -0.360. The van der Waals surface area contributed by atoms with Crippen molar-refractivity contribution in [2.24, 2.45) is 5.73 Å². The fraction of sp³-hybridized carbons (Fsp3) is 1.00. The van der Waals surface area contributed by atoms with Crippen LogP contribution < -0.4 is 5.73 Å². The molecule has 6 heteroatoms. The van der Waals surface area contributed by atoms with Gasteiger partial charge in [-0.1, -0.05) is 0 Å². The van der Waals surface area contributed by atoms with Crippen molar-refractivity contribution in [3.63, 3.8) is 0 Å². The molecule has 0 aromatic heterocycles. The second kappa shape index (κ2) is 4.02. The topological polar surface area (TPSA) is 29.3 Å². The molecule has 0 atom stereocenters. The molecule has 0 unspecified atom stereocenters. The van der Waals surface area contributed by atoms with Crippen LogP contribution in [0.1, 0.15) is 12.8 Å². The summed E-state index contributed by atoms with van der Waals surface area (Å²) in [5.74, 6) is -5.65. The van der Waals surface area contributed by atoms with Gasteiger partial charge in [0.05, 0.1) is 13.1 Å². The van der Waals surface area contributed by atoms with E-state index in [0.717, 1.165) is 0 Å². The van der Waals surface area contributed by atoms with E-state index in [-0.39, 0.29) is 25.9 Å². The molecule has 0 aromatic carbocycles. The number of nitrogens with two attached hydrogens (primary N) is 1. The molecule has 14 heavy (non-hydrogen) atoms. The van der Waals surface area contributed by atoms with Gasteiger partial charge >= 0.3 is 0 Å². The third-order valence-electron chi connectivity index (χ3n) is 2.34. The number of alkyl halides is 4. The quantitative estimate of drug-likeness (QED) is 0.718. The third kappa shape index (κ3) is 3.42. The molecule has 1 heterocycles. The van der Waals surface area contributed by atoms with Crippen LogP contribution in [0.5, 0.6) is 0 Å². The minimum atomic E-state index is -2.97. The number of nitrogens with zero attached hydrogens (tertiary/aromatic N) is 1. The predicted octanol–water partition coefficient (Wildman–Crippen LogP) is 1.31. The lowest BCUT2D eigenvalue weighted by molar-refractivity contribution is -0.0821. The maximum absolute atomic E-state index is 12.8. The van der Waals surface area contributed by atoms with Crippen molar-refractivity contribution in [3.8, 4) is 0 Å². The fourth-order valence-electron chi connectivity index (χ4n) is 1.43. The third-order valence-corrected chi connectivity index (χ3v) is 2.34. The first-order valence-corrected chi connectivity index (χ1v) is 4.53. The van der Waals surface area contributed by atoms with Gasteiger partial charge in [-0.2, -0.15) is 0 Å². The maximum atomic E-state index is 12.8. The minimum Gasteiger partial charge on any atom is -0.325 e. The molecule has 84 valence electrons. The van der Waals surface area contributed by atoms with E-state index in [1.165, 1.54) is 4.90 Å². The van der Waals surface area contributed by atoms with Crippen LogP contribution in [0.2, 0.25) is 0 Å². The predicted molar refractivity (Wildman–Crippen MR) is 44.6 cm³/mol. The summed E-state index contributed by atoms with van der Waals surface area (Å²) in [6.45, 7) is -1.22. The van der Waals surface area contributed by atoms with Crippen molar-refractivity contribution in [2.75, 3.05) is 26.2 Å². The van der Waals surface area contributed by atoms with Gasteiger partial charge in [-0.25, -0.2) is 17.6 Å². The van der Waals surface area contributed by atoms with E-state index in [0.29, 0.717) is 0 Å². The highest BCUT2D eigenvalue weighted by Gasteiger charge is 2.37. The number of piperidine rings is 1. The Bertz CT molecular complexity index is 186. The van der Waals surface area contributed by atoms with Crippen molar-refractivity contribution in [2.45, 2.75) is 24.7 Å². The molecule has 0 spiro atoms. The monoisotopic (exact) mass is 214 g/mol. The van der Waals surface area contributed by atoms with E-state index in [4.69, 9.17) is 5.73 Å². The Kier molecular flexibility index (Phi) is 3.36. The molecular formula is C8H14F4N2. The van der Waals surface area contributed by atoms with E-state index in [1.807, 2.05) is 0 Å². The largest absolute Gasteiger partial charge is 0.325 e. The van der Waals surface area contributed by atoms with E-state index >= 15 is 0 Å². The Morgan fingerprint density at radius 3 is 2.14 bits per heavy atom. The number of hydrogen-bond acceptors (Lipinski definition) is 2. The highest BCUT2D eigenvalue weighted by molar-refractivity contribution is 4.81. The number of likely N-dealkylation sites (tertiary alicyclic amines) is 1. The number of rotatable bonds is 3. The molecule has 1 fully saturated rings. The van der Waals surface area contributed by atoms with Crippen LogP contribution in [0.3, 0.4) is 0 Å². The molecule has 0 aliphatic carbocycles. The summed E-state index contributed by atoms with van der Waals surface area (Å²) < 4.78 is 50.9. The van der Waals surface area contributed by atoms with Gasteiger partial charge in [0, 0.05) is 25.9 Å². The van der Waals surface area contributed by atoms with Gasteiger partial charge in [0.25, 0.3) is 11.8 Å². The lowest BCUT2D eigenvalue weighted by atomic mass is 10.1. The van der Waals surface area contributed by atoms with Crippen LogP contribution in [0, 0.1) is 0 Å². The smallest absolute Gasteiger partial charge is 0.272 e. The summed E-state index contributed by atoms with van der Waals surface area (Å²) in [5, 5.41) is 0. The van der Waals surface area contributed by atoms with Crippen molar-refractivity contribution < 1.29 is 17.6 Å². The summed E-state index contributed by atoms with van der Waals surface area (Å²) >= 11 is 0.